The van der Waals surface area contributed by atoms with Gasteiger partial charge in [-0.25, -0.2) is 0 Å². The third kappa shape index (κ3) is 4.89. The molecular weight excluding hydrogens is 380 g/mol. The summed E-state index contributed by atoms with van der Waals surface area (Å²) in [6, 6.07) is 16.3. The van der Waals surface area contributed by atoms with Crippen LogP contribution in [-0.2, 0) is 6.54 Å². The van der Waals surface area contributed by atoms with Crippen molar-refractivity contribution < 1.29 is 14.3 Å². The van der Waals surface area contributed by atoms with Gasteiger partial charge in [0.05, 0.1) is 20.8 Å². The number of methoxy groups -OCH3 is 2. The Hall–Kier alpha value is -3.54. The molecule has 1 amide bonds. The van der Waals surface area contributed by atoms with Crippen LogP contribution in [0.2, 0.25) is 0 Å². The number of nitrogens with zero attached hydrogens (tertiary/aromatic N) is 1. The smallest absolute Gasteiger partial charge is 0.263 e. The zero-order chi connectivity index (χ0) is 21.7. The van der Waals surface area contributed by atoms with E-state index in [1.807, 2.05) is 36.4 Å². The minimum atomic E-state index is -0.435. The van der Waals surface area contributed by atoms with Crippen molar-refractivity contribution in [3.8, 4) is 11.5 Å². The second-order valence-corrected chi connectivity index (χ2v) is 7.31. The van der Waals surface area contributed by atoms with Crippen LogP contribution in [0.5, 0.6) is 11.5 Å². The van der Waals surface area contributed by atoms with Crippen LogP contribution in [0.1, 0.15) is 41.3 Å². The van der Waals surface area contributed by atoms with Gasteiger partial charge in [0.25, 0.3) is 11.5 Å². The van der Waals surface area contributed by atoms with E-state index in [2.05, 4.69) is 19.2 Å². The van der Waals surface area contributed by atoms with Gasteiger partial charge in [-0.15, -0.1) is 0 Å². The van der Waals surface area contributed by atoms with E-state index in [0.717, 1.165) is 5.56 Å². The summed E-state index contributed by atoms with van der Waals surface area (Å²) in [5.74, 6) is 1.24. The summed E-state index contributed by atoms with van der Waals surface area (Å²) in [6.07, 6.45) is 1.66. The van der Waals surface area contributed by atoms with E-state index in [1.54, 1.807) is 32.5 Å². The zero-order valence-electron chi connectivity index (χ0n) is 17.6. The number of hydrogen-bond donors (Lipinski definition) is 1. The molecule has 0 saturated heterocycles. The molecule has 3 rings (SSSR count). The summed E-state index contributed by atoms with van der Waals surface area (Å²) >= 11 is 0. The molecule has 0 aliphatic rings. The highest BCUT2D eigenvalue weighted by molar-refractivity contribution is 6.03. The molecule has 1 N–H and O–H groups in total. The quantitative estimate of drug-likeness (QED) is 0.636. The van der Waals surface area contributed by atoms with Crippen molar-refractivity contribution in [2.24, 2.45) is 0 Å². The fraction of sp³-hybridized carbons (Fsp3) is 0.250. The number of amides is 1. The lowest BCUT2D eigenvalue weighted by atomic mass is 10.0. The van der Waals surface area contributed by atoms with Gasteiger partial charge in [-0.3, -0.25) is 9.59 Å². The molecule has 0 spiro atoms. The van der Waals surface area contributed by atoms with Crippen molar-refractivity contribution in [2.75, 3.05) is 19.5 Å². The van der Waals surface area contributed by atoms with Gasteiger partial charge in [-0.1, -0.05) is 26.0 Å². The Morgan fingerprint density at radius 3 is 2.20 bits per heavy atom. The lowest BCUT2D eigenvalue weighted by Gasteiger charge is -2.12. The molecule has 0 radical (unpaired) electrons. The fourth-order valence-corrected chi connectivity index (χ4v) is 3.14. The molecule has 1 heterocycles. The molecule has 0 aliphatic heterocycles. The first-order valence-electron chi connectivity index (χ1n) is 9.74. The lowest BCUT2D eigenvalue weighted by molar-refractivity contribution is 0.102. The summed E-state index contributed by atoms with van der Waals surface area (Å²) < 4.78 is 12.1. The Morgan fingerprint density at radius 2 is 1.63 bits per heavy atom. The highest BCUT2D eigenvalue weighted by Gasteiger charge is 2.13. The first-order chi connectivity index (χ1) is 14.4. The van der Waals surface area contributed by atoms with Crippen molar-refractivity contribution in [3.63, 3.8) is 0 Å². The second kappa shape index (κ2) is 9.31. The van der Waals surface area contributed by atoms with E-state index in [-0.39, 0.29) is 17.7 Å². The summed E-state index contributed by atoms with van der Waals surface area (Å²) in [5, 5.41) is 2.80. The van der Waals surface area contributed by atoms with E-state index in [4.69, 9.17) is 9.47 Å². The highest BCUT2D eigenvalue weighted by atomic mass is 16.5. The van der Waals surface area contributed by atoms with Crippen molar-refractivity contribution >= 4 is 11.6 Å². The van der Waals surface area contributed by atoms with Gasteiger partial charge in [-0.05, 0) is 53.4 Å². The molecule has 30 heavy (non-hydrogen) atoms. The first kappa shape index (κ1) is 21.2. The SMILES string of the molecule is COc1cc(Cn2cccc(C(=O)Nc3ccc(C(C)C)cc3)c2=O)cc(OC)c1. The second-order valence-electron chi connectivity index (χ2n) is 7.31. The normalized spacial score (nSPS) is 10.7. The minimum absolute atomic E-state index is 0.0836. The minimum Gasteiger partial charge on any atom is -0.497 e. The van der Waals surface area contributed by atoms with Gasteiger partial charge < -0.3 is 19.4 Å². The number of pyridine rings is 1. The van der Waals surface area contributed by atoms with Crippen molar-refractivity contribution in [2.45, 2.75) is 26.3 Å². The van der Waals surface area contributed by atoms with Gasteiger partial charge in [-0.2, -0.15) is 0 Å². The third-order valence-corrected chi connectivity index (χ3v) is 4.86. The van der Waals surface area contributed by atoms with Gasteiger partial charge in [0.15, 0.2) is 0 Å². The van der Waals surface area contributed by atoms with E-state index >= 15 is 0 Å². The topological polar surface area (TPSA) is 69.6 Å². The van der Waals surface area contributed by atoms with Gasteiger partial charge in [0.1, 0.15) is 17.1 Å². The molecule has 0 aliphatic carbocycles. The number of anilines is 1. The van der Waals surface area contributed by atoms with Crippen molar-refractivity contribution in [1.82, 2.24) is 4.57 Å². The van der Waals surface area contributed by atoms with Gasteiger partial charge >= 0.3 is 0 Å². The van der Waals surface area contributed by atoms with Crippen molar-refractivity contribution in [1.29, 1.82) is 0 Å². The monoisotopic (exact) mass is 406 g/mol. The molecule has 0 unspecified atom stereocenters. The van der Waals surface area contributed by atoms with Crippen LogP contribution < -0.4 is 20.3 Å². The highest BCUT2D eigenvalue weighted by Crippen LogP contribution is 2.23. The largest absolute Gasteiger partial charge is 0.497 e. The molecule has 6 heteroatoms. The zero-order valence-corrected chi connectivity index (χ0v) is 17.6. The average molecular weight is 406 g/mol. The summed E-state index contributed by atoms with van der Waals surface area (Å²) in [6.45, 7) is 4.51. The maximum Gasteiger partial charge on any atom is 0.263 e. The van der Waals surface area contributed by atoms with Crippen molar-refractivity contribution in [3.05, 3.63) is 87.8 Å². The molecule has 0 fully saturated rings. The van der Waals surface area contributed by atoms with Crippen LogP contribution in [-0.4, -0.2) is 24.7 Å². The number of hydrogen-bond acceptors (Lipinski definition) is 4. The summed E-state index contributed by atoms with van der Waals surface area (Å²) in [4.78, 5) is 25.6. The van der Waals surface area contributed by atoms with Crippen LogP contribution >= 0.6 is 0 Å². The maximum atomic E-state index is 12.9. The van der Waals surface area contributed by atoms with Crippen LogP contribution in [0.25, 0.3) is 0 Å². The number of rotatable bonds is 7. The predicted octanol–water partition coefficient (Wildman–Crippen LogP) is 4.29. The molecule has 2 aromatic carbocycles. The number of carbonyl (C=O) groups is 1. The number of carbonyl (C=O) groups excluding carboxylic acids is 1. The molecule has 0 saturated carbocycles. The molecule has 6 nitrogen and oxygen atoms in total. The lowest BCUT2D eigenvalue weighted by Crippen LogP contribution is -2.29. The molecule has 0 bridgehead atoms. The third-order valence-electron chi connectivity index (χ3n) is 4.86. The maximum absolute atomic E-state index is 12.9. The van der Waals surface area contributed by atoms with Gasteiger partial charge in [0, 0.05) is 18.0 Å². The molecule has 3 aromatic rings. The molecule has 156 valence electrons. The predicted molar refractivity (Wildman–Crippen MR) is 118 cm³/mol. The molecule has 0 atom stereocenters. The fourth-order valence-electron chi connectivity index (χ4n) is 3.14. The molecular formula is C24H26N2O4. The Balaban J connectivity index is 1.82. The first-order valence-corrected chi connectivity index (χ1v) is 9.74. The Kier molecular flexibility index (Phi) is 6.57. The number of nitrogens with one attached hydrogen (secondary N) is 1. The Bertz CT molecular complexity index is 1060. The van der Waals surface area contributed by atoms with Crippen LogP contribution in [0.3, 0.4) is 0 Å². The summed E-state index contributed by atoms with van der Waals surface area (Å²) in [7, 11) is 3.15. The van der Waals surface area contributed by atoms with Crippen LogP contribution in [0.4, 0.5) is 5.69 Å². The van der Waals surface area contributed by atoms with Gasteiger partial charge in [0.2, 0.25) is 0 Å². The molecule has 1 aromatic heterocycles. The summed E-state index contributed by atoms with van der Waals surface area (Å²) in [5.41, 5.74) is 2.38. The van der Waals surface area contributed by atoms with Crippen LogP contribution in [0.15, 0.2) is 65.6 Å². The number of benzene rings is 2. The average Bonchev–Trinajstić information content (AvgIpc) is 2.75. The van der Waals surface area contributed by atoms with E-state index < -0.39 is 5.91 Å². The Morgan fingerprint density at radius 1 is 1.00 bits per heavy atom. The van der Waals surface area contributed by atoms with E-state index in [1.165, 1.54) is 16.2 Å². The van der Waals surface area contributed by atoms with E-state index in [9.17, 15) is 9.59 Å². The number of ether oxygens (including phenoxy) is 2. The van der Waals surface area contributed by atoms with E-state index in [0.29, 0.717) is 23.1 Å². The number of aromatic nitrogens is 1. The Labute approximate surface area is 176 Å². The standard InChI is InChI=1S/C24H26N2O4/c1-16(2)18-7-9-19(10-8-18)25-23(27)22-6-5-11-26(24(22)28)15-17-12-20(29-3)14-21(13-17)30-4/h5-14,16H,15H2,1-4H3,(H,25,27). The van der Waals surface area contributed by atoms with Crippen LogP contribution in [0, 0.1) is 0 Å².